The number of ketones is 1. The Balaban J connectivity index is 3.00. The fourth-order valence-corrected chi connectivity index (χ4v) is 0.291. The molecule has 41 valence electrons. The van der Waals surface area contributed by atoms with Gasteiger partial charge in [0.2, 0.25) is 0 Å². The summed E-state index contributed by atoms with van der Waals surface area (Å²) in [6.07, 6.45) is 0.707. The van der Waals surface area contributed by atoms with Gasteiger partial charge in [-0.2, -0.15) is 0 Å². The first-order chi connectivity index (χ1) is 3.31. The quantitative estimate of drug-likeness (QED) is 0.517. The fraction of sp³-hybridized carbons (Fsp3) is 0.800. The van der Waals surface area contributed by atoms with Gasteiger partial charge in [-0.1, -0.05) is 6.92 Å². The lowest BCUT2D eigenvalue weighted by Crippen LogP contribution is -1.96. The van der Waals surface area contributed by atoms with Crippen molar-refractivity contribution in [2.24, 2.45) is 0 Å². The predicted octanol–water partition coefficient (Wildman–Crippen LogP) is 0.786. The molecule has 0 bridgehead atoms. The molecule has 0 N–H and O–H groups in total. The lowest BCUT2D eigenvalue weighted by molar-refractivity contribution is -0.119. The minimum absolute atomic E-state index is 0.0648. The summed E-state index contributed by atoms with van der Waals surface area (Å²) in [6, 6.07) is 0. The van der Waals surface area contributed by atoms with Crippen LogP contribution in [-0.4, -0.2) is 12.4 Å². The van der Waals surface area contributed by atoms with E-state index < -0.39 is 0 Å². The van der Waals surface area contributed by atoms with Crippen molar-refractivity contribution in [3.8, 4) is 0 Å². The molecule has 2 heteroatoms. The number of carbonyl (C=O) groups is 1. The van der Waals surface area contributed by atoms with Gasteiger partial charge in [-0.15, -0.1) is 0 Å². The van der Waals surface area contributed by atoms with Gasteiger partial charge in [0.05, 0.1) is 6.61 Å². The number of rotatable bonds is 3. The first-order valence-electron chi connectivity index (χ1n) is 2.41. The molecule has 0 aliphatic heterocycles. The van der Waals surface area contributed by atoms with E-state index in [4.69, 9.17) is 0 Å². The Morgan fingerprint density at radius 2 is 2.14 bits per heavy atom. The molecule has 1 radical (unpaired) electrons. The van der Waals surface area contributed by atoms with E-state index in [-0.39, 0.29) is 18.8 Å². The third-order valence-corrected chi connectivity index (χ3v) is 0.775. The van der Waals surface area contributed by atoms with E-state index in [1.807, 2.05) is 0 Å². The second-order valence-electron chi connectivity index (χ2n) is 1.35. The van der Waals surface area contributed by atoms with Crippen LogP contribution in [0, 0.1) is 0 Å². The predicted molar refractivity (Wildman–Crippen MR) is 25.5 cm³/mol. The Morgan fingerprint density at radius 3 is 2.29 bits per heavy atom. The monoisotopic (exact) mass is 101 g/mol. The zero-order chi connectivity index (χ0) is 5.70. The van der Waals surface area contributed by atoms with Crippen LogP contribution in [0.3, 0.4) is 0 Å². The van der Waals surface area contributed by atoms with Crippen LogP contribution in [0.2, 0.25) is 0 Å². The molecule has 0 amide bonds. The van der Waals surface area contributed by atoms with Gasteiger partial charge in [0.15, 0.2) is 0 Å². The summed E-state index contributed by atoms with van der Waals surface area (Å²) in [6.45, 7) is 1.50. The molecule has 0 aromatic carbocycles. The third kappa shape index (κ3) is 3.46. The number of Topliss-reactive ketones (excluding diaryl/α,β-unsaturated/α-hetero) is 1. The van der Waals surface area contributed by atoms with Crippen LogP contribution in [0.25, 0.3) is 0 Å². The van der Waals surface area contributed by atoms with E-state index >= 15 is 0 Å². The molecule has 0 saturated heterocycles. The van der Waals surface area contributed by atoms with Crippen molar-refractivity contribution in [2.45, 2.75) is 19.8 Å². The van der Waals surface area contributed by atoms with Crippen molar-refractivity contribution in [3.63, 3.8) is 0 Å². The van der Waals surface area contributed by atoms with E-state index in [0.29, 0.717) is 6.42 Å². The molecule has 0 aromatic rings. The van der Waals surface area contributed by atoms with Crippen molar-refractivity contribution in [1.82, 2.24) is 0 Å². The molecule has 0 heterocycles. The molecule has 7 heavy (non-hydrogen) atoms. The van der Waals surface area contributed by atoms with Crippen molar-refractivity contribution >= 4 is 5.78 Å². The van der Waals surface area contributed by atoms with E-state index in [1.165, 1.54) is 0 Å². The molecule has 0 spiro atoms. The summed E-state index contributed by atoms with van der Waals surface area (Å²) in [4.78, 5) is 10.2. The summed E-state index contributed by atoms with van der Waals surface area (Å²) in [5, 5.41) is 9.68. The van der Waals surface area contributed by atoms with Crippen molar-refractivity contribution in [1.29, 1.82) is 0 Å². The fourth-order valence-electron chi connectivity index (χ4n) is 0.291. The molecule has 0 saturated carbocycles. The molecule has 0 fully saturated rings. The van der Waals surface area contributed by atoms with Crippen molar-refractivity contribution < 1.29 is 9.90 Å². The topological polar surface area (TPSA) is 37.0 Å². The highest BCUT2D eigenvalue weighted by atomic mass is 16.3. The second-order valence-corrected chi connectivity index (χ2v) is 1.35. The molecule has 0 aliphatic rings. The number of carbonyl (C=O) groups excluding carboxylic acids is 1. The van der Waals surface area contributed by atoms with E-state index in [2.05, 4.69) is 0 Å². The van der Waals surface area contributed by atoms with Gasteiger partial charge in [-0.3, -0.25) is 4.79 Å². The Hall–Kier alpha value is -0.370. The lowest BCUT2D eigenvalue weighted by Gasteiger charge is -1.85. The van der Waals surface area contributed by atoms with E-state index in [0.717, 1.165) is 0 Å². The van der Waals surface area contributed by atoms with E-state index in [9.17, 15) is 9.90 Å². The maximum atomic E-state index is 10.2. The molecule has 0 unspecified atom stereocenters. The van der Waals surface area contributed by atoms with Crippen molar-refractivity contribution in [2.75, 3.05) is 6.61 Å². The maximum absolute atomic E-state index is 10.2. The van der Waals surface area contributed by atoms with Crippen LogP contribution in [0.1, 0.15) is 19.8 Å². The normalized spacial score (nSPS) is 8.86. The summed E-state index contributed by atoms with van der Waals surface area (Å²) in [5.41, 5.74) is 0. The van der Waals surface area contributed by atoms with Crippen LogP contribution in [0.5, 0.6) is 0 Å². The smallest absolute Gasteiger partial charge is 0.135 e. The standard InChI is InChI=1S/C5H9O2/c1-2-5(7)3-4-6/h2-4H2,1H3. The van der Waals surface area contributed by atoms with Gasteiger partial charge in [-0.25, -0.2) is 5.11 Å². The highest BCUT2D eigenvalue weighted by Gasteiger charge is 1.93. The summed E-state index contributed by atoms with van der Waals surface area (Å²) in [5.74, 6) is 0.0648. The maximum Gasteiger partial charge on any atom is 0.135 e. The van der Waals surface area contributed by atoms with Gasteiger partial charge in [0.1, 0.15) is 5.78 Å². The number of hydrogen-bond acceptors (Lipinski definition) is 1. The van der Waals surface area contributed by atoms with Crippen LogP contribution in [0.15, 0.2) is 0 Å². The summed E-state index contributed by atoms with van der Waals surface area (Å²) >= 11 is 0. The van der Waals surface area contributed by atoms with E-state index in [1.54, 1.807) is 6.92 Å². The largest absolute Gasteiger partial charge is 0.300 e. The summed E-state index contributed by atoms with van der Waals surface area (Å²) < 4.78 is 0. The van der Waals surface area contributed by atoms with Gasteiger partial charge in [0.25, 0.3) is 0 Å². The zero-order valence-corrected chi connectivity index (χ0v) is 4.44. The summed E-state index contributed by atoms with van der Waals surface area (Å²) in [7, 11) is 0. The highest BCUT2D eigenvalue weighted by molar-refractivity contribution is 5.77. The SMILES string of the molecule is CCC(=O)CC[O]. The average Bonchev–Trinajstić information content (AvgIpc) is 1.68. The molecule has 0 aromatic heterocycles. The lowest BCUT2D eigenvalue weighted by atomic mass is 10.2. The van der Waals surface area contributed by atoms with Gasteiger partial charge >= 0.3 is 0 Å². The Kier molecular flexibility index (Phi) is 3.61. The zero-order valence-electron chi connectivity index (χ0n) is 4.44. The molecular formula is C5H9O2. The minimum Gasteiger partial charge on any atom is -0.300 e. The molecule has 0 atom stereocenters. The Morgan fingerprint density at radius 1 is 1.57 bits per heavy atom. The molecule has 2 nitrogen and oxygen atoms in total. The van der Waals surface area contributed by atoms with Gasteiger partial charge < -0.3 is 0 Å². The van der Waals surface area contributed by atoms with Crippen molar-refractivity contribution in [3.05, 3.63) is 0 Å². The van der Waals surface area contributed by atoms with Gasteiger partial charge in [-0.05, 0) is 0 Å². The van der Waals surface area contributed by atoms with Crippen LogP contribution >= 0.6 is 0 Å². The highest BCUT2D eigenvalue weighted by Crippen LogP contribution is 1.84. The first kappa shape index (κ1) is 6.63. The molecule has 0 aliphatic carbocycles. The minimum atomic E-state index is -0.257. The first-order valence-corrected chi connectivity index (χ1v) is 2.41. The molecule has 0 rings (SSSR count). The molecular weight excluding hydrogens is 92.1 g/mol. The Bertz CT molecular complexity index is 59.1. The Labute approximate surface area is 43.2 Å². The van der Waals surface area contributed by atoms with Crippen LogP contribution in [0.4, 0.5) is 0 Å². The third-order valence-electron chi connectivity index (χ3n) is 0.775. The van der Waals surface area contributed by atoms with Crippen LogP contribution < -0.4 is 0 Å². The number of hydrogen-bond donors (Lipinski definition) is 0. The second kappa shape index (κ2) is 3.81. The average molecular weight is 101 g/mol. The van der Waals surface area contributed by atoms with Crippen LogP contribution in [-0.2, 0) is 9.90 Å². The van der Waals surface area contributed by atoms with Gasteiger partial charge in [0, 0.05) is 12.8 Å².